The molecule has 2 aliphatic heterocycles. The van der Waals surface area contributed by atoms with Gasteiger partial charge in [-0.05, 0) is 69.6 Å². The maximum absolute atomic E-state index is 13.1. The lowest BCUT2D eigenvalue weighted by molar-refractivity contribution is -0.130. The van der Waals surface area contributed by atoms with Gasteiger partial charge < -0.3 is 29.5 Å². The Labute approximate surface area is 230 Å². The number of piperazine rings is 1. The molecule has 1 N–H and O–H groups in total. The van der Waals surface area contributed by atoms with Gasteiger partial charge in [0.05, 0.1) is 18.8 Å². The van der Waals surface area contributed by atoms with Crippen molar-refractivity contribution in [2.45, 2.75) is 46.2 Å². The van der Waals surface area contributed by atoms with Crippen molar-refractivity contribution in [3.8, 4) is 11.5 Å². The predicted octanol–water partition coefficient (Wildman–Crippen LogP) is 3.60. The molecule has 0 bridgehead atoms. The van der Waals surface area contributed by atoms with Crippen molar-refractivity contribution in [2.75, 3.05) is 57.4 Å². The van der Waals surface area contributed by atoms with Gasteiger partial charge in [0.15, 0.2) is 0 Å². The topological polar surface area (TPSA) is 87.2 Å². The fraction of sp³-hybridized carbons (Fsp3) is 0.536. The van der Waals surface area contributed by atoms with E-state index in [9.17, 15) is 9.59 Å². The maximum atomic E-state index is 13.1. The molecule has 0 saturated carbocycles. The molecule has 4 rings (SSSR count). The standard InChI is InChI=1S/C28H38ClN5O4/c1-4-37-24-16-21(17-25(27(24)29)38-5-2)19-34(23-8-10-30-11-9-23)26-7-6-22(18-31-26)28(36)33-14-12-32(13-15-33)20(3)35/h6-7,16-18,23,30H,4-5,8-15,19H2,1-3H3. The lowest BCUT2D eigenvalue weighted by atomic mass is 10.0. The summed E-state index contributed by atoms with van der Waals surface area (Å²) in [4.78, 5) is 35.3. The molecular weight excluding hydrogens is 506 g/mol. The Kier molecular flexibility index (Phi) is 9.69. The zero-order chi connectivity index (χ0) is 27.1. The van der Waals surface area contributed by atoms with Crippen LogP contribution < -0.4 is 19.7 Å². The minimum Gasteiger partial charge on any atom is -0.492 e. The van der Waals surface area contributed by atoms with Gasteiger partial charge in [0.2, 0.25) is 5.91 Å². The molecule has 0 radical (unpaired) electrons. The molecule has 2 saturated heterocycles. The first kappa shape index (κ1) is 28.0. The maximum Gasteiger partial charge on any atom is 0.255 e. The monoisotopic (exact) mass is 543 g/mol. The van der Waals surface area contributed by atoms with Gasteiger partial charge >= 0.3 is 0 Å². The summed E-state index contributed by atoms with van der Waals surface area (Å²) in [7, 11) is 0. The van der Waals surface area contributed by atoms with E-state index in [4.69, 9.17) is 26.1 Å². The number of piperidine rings is 1. The Morgan fingerprint density at radius 2 is 1.63 bits per heavy atom. The molecule has 38 heavy (non-hydrogen) atoms. The Balaban J connectivity index is 1.55. The van der Waals surface area contributed by atoms with E-state index < -0.39 is 0 Å². The molecule has 10 heteroatoms. The summed E-state index contributed by atoms with van der Waals surface area (Å²) in [5.41, 5.74) is 1.57. The molecule has 2 aromatic rings. The van der Waals surface area contributed by atoms with Crippen LogP contribution in [0.25, 0.3) is 0 Å². The summed E-state index contributed by atoms with van der Waals surface area (Å²) in [5, 5.41) is 3.92. The van der Waals surface area contributed by atoms with E-state index in [0.717, 1.165) is 37.3 Å². The number of nitrogens with zero attached hydrogens (tertiary/aromatic N) is 4. The normalized spacial score (nSPS) is 16.3. The number of nitrogens with one attached hydrogen (secondary N) is 1. The summed E-state index contributed by atoms with van der Waals surface area (Å²) >= 11 is 6.54. The van der Waals surface area contributed by atoms with E-state index in [1.165, 1.54) is 0 Å². The third kappa shape index (κ3) is 6.69. The summed E-state index contributed by atoms with van der Waals surface area (Å²) < 4.78 is 11.6. The molecule has 1 aromatic heterocycles. The fourth-order valence-corrected chi connectivity index (χ4v) is 5.26. The van der Waals surface area contributed by atoms with E-state index in [-0.39, 0.29) is 11.8 Å². The van der Waals surface area contributed by atoms with Crippen molar-refractivity contribution in [3.63, 3.8) is 0 Å². The highest BCUT2D eigenvalue weighted by Gasteiger charge is 2.26. The number of carbonyl (C=O) groups excluding carboxylic acids is 2. The first-order chi connectivity index (χ1) is 18.4. The van der Waals surface area contributed by atoms with Crippen molar-refractivity contribution >= 4 is 29.2 Å². The number of halogens is 1. The Morgan fingerprint density at radius 3 is 2.16 bits per heavy atom. The number of hydrogen-bond donors (Lipinski definition) is 1. The van der Waals surface area contributed by atoms with Crippen LogP contribution in [0.3, 0.4) is 0 Å². The second-order valence-electron chi connectivity index (χ2n) is 9.58. The average Bonchev–Trinajstić information content (AvgIpc) is 2.94. The summed E-state index contributed by atoms with van der Waals surface area (Å²) in [6.45, 7) is 11.1. The lowest BCUT2D eigenvalue weighted by Gasteiger charge is -2.36. The van der Waals surface area contributed by atoms with E-state index in [1.54, 1.807) is 22.9 Å². The first-order valence-corrected chi connectivity index (χ1v) is 13.8. The highest BCUT2D eigenvalue weighted by Crippen LogP contribution is 2.37. The number of anilines is 1. The van der Waals surface area contributed by atoms with Crippen LogP contribution in [0, 0.1) is 0 Å². The highest BCUT2D eigenvalue weighted by atomic mass is 35.5. The quantitative estimate of drug-likeness (QED) is 0.517. The van der Waals surface area contributed by atoms with Crippen LogP contribution in [0.1, 0.15) is 49.5 Å². The highest BCUT2D eigenvalue weighted by molar-refractivity contribution is 6.33. The van der Waals surface area contributed by atoms with E-state index >= 15 is 0 Å². The van der Waals surface area contributed by atoms with Crippen LogP contribution in [0.5, 0.6) is 11.5 Å². The largest absolute Gasteiger partial charge is 0.492 e. The van der Waals surface area contributed by atoms with E-state index in [0.29, 0.717) is 74.1 Å². The van der Waals surface area contributed by atoms with Crippen LogP contribution in [-0.2, 0) is 11.3 Å². The zero-order valence-corrected chi connectivity index (χ0v) is 23.3. The van der Waals surface area contributed by atoms with Gasteiger partial charge in [0, 0.05) is 51.9 Å². The van der Waals surface area contributed by atoms with Gasteiger partial charge in [-0.3, -0.25) is 9.59 Å². The zero-order valence-electron chi connectivity index (χ0n) is 22.5. The smallest absolute Gasteiger partial charge is 0.255 e. The average molecular weight is 544 g/mol. The van der Waals surface area contributed by atoms with Crippen molar-refractivity contribution in [1.82, 2.24) is 20.1 Å². The molecule has 0 atom stereocenters. The third-order valence-electron chi connectivity index (χ3n) is 7.07. The summed E-state index contributed by atoms with van der Waals surface area (Å²) in [6.07, 6.45) is 3.65. The number of ether oxygens (including phenoxy) is 2. The van der Waals surface area contributed by atoms with Gasteiger partial charge in [-0.15, -0.1) is 0 Å². The SMILES string of the molecule is CCOc1cc(CN(c2ccc(C(=O)N3CCN(C(C)=O)CC3)cn2)C2CCNCC2)cc(OCC)c1Cl. The molecule has 2 fully saturated rings. The molecule has 0 spiro atoms. The number of pyridine rings is 1. The van der Waals surface area contributed by atoms with Gasteiger partial charge in [-0.25, -0.2) is 4.98 Å². The van der Waals surface area contributed by atoms with E-state index in [1.807, 2.05) is 38.1 Å². The molecule has 2 amide bonds. The van der Waals surface area contributed by atoms with Crippen molar-refractivity contribution in [3.05, 3.63) is 46.6 Å². The van der Waals surface area contributed by atoms with Crippen LogP contribution in [-0.4, -0.2) is 85.1 Å². The number of rotatable bonds is 9. The number of benzene rings is 1. The number of aromatic nitrogens is 1. The molecule has 206 valence electrons. The second kappa shape index (κ2) is 13.2. The Hall–Kier alpha value is -3.04. The van der Waals surface area contributed by atoms with Crippen LogP contribution in [0.2, 0.25) is 5.02 Å². The number of carbonyl (C=O) groups is 2. The Morgan fingerprint density at radius 1 is 1.03 bits per heavy atom. The molecule has 0 aliphatic carbocycles. The molecule has 1 aromatic carbocycles. The molecule has 3 heterocycles. The molecule has 2 aliphatic rings. The van der Waals surface area contributed by atoms with Crippen LogP contribution in [0.4, 0.5) is 5.82 Å². The first-order valence-electron chi connectivity index (χ1n) is 13.5. The molecule has 0 unspecified atom stereocenters. The fourth-order valence-electron chi connectivity index (χ4n) is 5.04. The predicted molar refractivity (Wildman–Crippen MR) is 148 cm³/mol. The number of amides is 2. The molecule has 9 nitrogen and oxygen atoms in total. The number of hydrogen-bond acceptors (Lipinski definition) is 7. The lowest BCUT2D eigenvalue weighted by Crippen LogP contribution is -2.50. The van der Waals surface area contributed by atoms with Crippen LogP contribution in [0.15, 0.2) is 30.5 Å². The summed E-state index contributed by atoms with van der Waals surface area (Å²) in [6, 6.07) is 8.04. The van der Waals surface area contributed by atoms with Gasteiger partial charge in [0.1, 0.15) is 22.3 Å². The molecular formula is C28H38ClN5O4. The Bertz CT molecular complexity index is 1070. The van der Waals surface area contributed by atoms with Gasteiger partial charge in [-0.2, -0.15) is 0 Å². The third-order valence-corrected chi connectivity index (χ3v) is 7.44. The van der Waals surface area contributed by atoms with E-state index in [2.05, 4.69) is 10.2 Å². The van der Waals surface area contributed by atoms with Crippen molar-refractivity contribution in [1.29, 1.82) is 0 Å². The van der Waals surface area contributed by atoms with Crippen molar-refractivity contribution < 1.29 is 19.1 Å². The van der Waals surface area contributed by atoms with Gasteiger partial charge in [-0.1, -0.05) is 11.6 Å². The summed E-state index contributed by atoms with van der Waals surface area (Å²) in [5.74, 6) is 2.03. The van der Waals surface area contributed by atoms with Gasteiger partial charge in [0.25, 0.3) is 5.91 Å². The minimum absolute atomic E-state index is 0.0450. The second-order valence-corrected chi connectivity index (χ2v) is 9.96. The van der Waals surface area contributed by atoms with Crippen molar-refractivity contribution in [2.24, 2.45) is 0 Å². The van der Waals surface area contributed by atoms with Crippen LogP contribution >= 0.6 is 11.6 Å². The minimum atomic E-state index is -0.0546.